The zero-order chi connectivity index (χ0) is 26.1. The molecule has 0 aliphatic carbocycles. The monoisotopic (exact) mass is 500 g/mol. The quantitative estimate of drug-likeness (QED) is 0.293. The van der Waals surface area contributed by atoms with Gasteiger partial charge in [0.15, 0.2) is 11.5 Å². The van der Waals surface area contributed by atoms with Crippen LogP contribution in [-0.2, 0) is 4.79 Å². The van der Waals surface area contributed by atoms with Crippen molar-refractivity contribution >= 4 is 11.4 Å². The topological polar surface area (TPSA) is 69.0 Å². The van der Waals surface area contributed by atoms with Gasteiger partial charge in [0, 0.05) is 37.0 Å². The van der Waals surface area contributed by atoms with Gasteiger partial charge < -0.3 is 14.4 Å². The summed E-state index contributed by atoms with van der Waals surface area (Å²) in [6, 6.07) is 12.2. The molecule has 1 aliphatic heterocycles. The first-order valence-corrected chi connectivity index (χ1v) is 12.3. The molecule has 37 heavy (non-hydrogen) atoms. The fourth-order valence-corrected chi connectivity index (χ4v) is 4.83. The van der Waals surface area contributed by atoms with Crippen LogP contribution in [0.2, 0.25) is 0 Å². The van der Waals surface area contributed by atoms with Crippen LogP contribution >= 0.6 is 0 Å². The molecule has 0 saturated carbocycles. The van der Waals surface area contributed by atoms with E-state index >= 15 is 0 Å². The van der Waals surface area contributed by atoms with E-state index in [9.17, 15) is 9.18 Å². The molecule has 3 heterocycles. The molecule has 1 fully saturated rings. The summed E-state index contributed by atoms with van der Waals surface area (Å²) in [4.78, 5) is 23.8. The number of nitrogens with zero attached hydrogens (tertiary/aromatic N) is 4. The first-order valence-electron chi connectivity index (χ1n) is 12.3. The van der Waals surface area contributed by atoms with Crippen LogP contribution in [0.25, 0.3) is 16.8 Å². The Balaban J connectivity index is 1.52. The van der Waals surface area contributed by atoms with E-state index in [0.717, 1.165) is 34.7 Å². The number of hydrogen-bond acceptors (Lipinski definition) is 5. The van der Waals surface area contributed by atoms with Gasteiger partial charge >= 0.3 is 0 Å². The van der Waals surface area contributed by atoms with Crippen molar-refractivity contribution in [2.45, 2.75) is 32.1 Å². The molecule has 2 aromatic carbocycles. The van der Waals surface area contributed by atoms with Crippen molar-refractivity contribution < 1.29 is 18.7 Å². The summed E-state index contributed by atoms with van der Waals surface area (Å²) in [6.07, 6.45) is 5.93. The van der Waals surface area contributed by atoms with Crippen molar-refractivity contribution in [2.24, 2.45) is 0 Å². The number of aromatic nitrogens is 3. The third kappa shape index (κ3) is 4.55. The van der Waals surface area contributed by atoms with Crippen LogP contribution in [0, 0.1) is 5.82 Å². The molecule has 1 unspecified atom stereocenters. The number of benzene rings is 2. The average Bonchev–Trinajstić information content (AvgIpc) is 3.55. The summed E-state index contributed by atoms with van der Waals surface area (Å²) in [6.45, 7) is 9.11. The van der Waals surface area contributed by atoms with Gasteiger partial charge in [-0.15, -0.1) is 0 Å². The van der Waals surface area contributed by atoms with Gasteiger partial charge in [-0.05, 0) is 54.8 Å². The summed E-state index contributed by atoms with van der Waals surface area (Å²) in [5.74, 6) is 1.30. The molecule has 1 atom stereocenters. The predicted molar refractivity (Wildman–Crippen MR) is 140 cm³/mol. The van der Waals surface area contributed by atoms with Gasteiger partial charge in [0.25, 0.3) is 0 Å². The number of carbonyl (C=O) groups is 1. The smallest absolute Gasteiger partial charge is 0.245 e. The number of halogens is 1. The van der Waals surface area contributed by atoms with Crippen LogP contribution < -0.4 is 9.47 Å². The number of hydrogen-bond donors (Lipinski definition) is 0. The van der Waals surface area contributed by atoms with Gasteiger partial charge in [-0.2, -0.15) is 4.39 Å². The van der Waals surface area contributed by atoms with Crippen molar-refractivity contribution in [1.29, 1.82) is 0 Å². The van der Waals surface area contributed by atoms with E-state index in [1.807, 2.05) is 23.2 Å². The Morgan fingerprint density at radius 2 is 1.95 bits per heavy atom. The van der Waals surface area contributed by atoms with E-state index < -0.39 is 5.82 Å². The highest BCUT2D eigenvalue weighted by Crippen LogP contribution is 2.36. The molecule has 190 valence electrons. The lowest BCUT2D eigenvalue weighted by Crippen LogP contribution is -2.26. The highest BCUT2D eigenvalue weighted by atomic mass is 19.1. The van der Waals surface area contributed by atoms with Crippen LogP contribution in [0.15, 0.2) is 67.5 Å². The van der Waals surface area contributed by atoms with Crippen LogP contribution in [0.1, 0.15) is 43.6 Å². The van der Waals surface area contributed by atoms with Gasteiger partial charge in [-0.3, -0.25) is 14.2 Å². The molecule has 0 N–H and O–H groups in total. The molecule has 8 heteroatoms. The SMILES string of the molecule is C=CC(=O)N1CCC(c2nc(-c3ccc(Oc4cccc(OC)c4F)cc3)c3c(C(C)C)nccn23)C1. The second kappa shape index (κ2) is 10.0. The lowest BCUT2D eigenvalue weighted by molar-refractivity contribution is -0.125. The first kappa shape index (κ1) is 24.5. The fraction of sp³-hybridized carbons (Fsp3) is 0.276. The number of carbonyl (C=O) groups excluding carboxylic acids is 1. The largest absolute Gasteiger partial charge is 0.494 e. The minimum atomic E-state index is -0.549. The average molecular weight is 501 g/mol. The van der Waals surface area contributed by atoms with E-state index in [1.165, 1.54) is 13.2 Å². The van der Waals surface area contributed by atoms with Crippen molar-refractivity contribution in [3.8, 4) is 28.5 Å². The predicted octanol–water partition coefficient (Wildman–Crippen LogP) is 5.96. The lowest BCUT2D eigenvalue weighted by atomic mass is 10.0. The zero-order valence-electron chi connectivity index (χ0n) is 21.1. The van der Waals surface area contributed by atoms with Gasteiger partial charge in [-0.1, -0.05) is 26.5 Å². The minimum absolute atomic E-state index is 0.0591. The van der Waals surface area contributed by atoms with Crippen molar-refractivity contribution in [2.75, 3.05) is 20.2 Å². The highest BCUT2D eigenvalue weighted by Gasteiger charge is 2.31. The summed E-state index contributed by atoms with van der Waals surface area (Å²) >= 11 is 0. The molecule has 0 radical (unpaired) electrons. The number of amides is 1. The molecular formula is C29H29FN4O3. The number of imidazole rings is 1. The van der Waals surface area contributed by atoms with Gasteiger partial charge in [0.2, 0.25) is 11.7 Å². The van der Waals surface area contributed by atoms with Gasteiger partial charge in [0.1, 0.15) is 11.6 Å². The normalized spacial score (nSPS) is 15.4. The molecule has 1 saturated heterocycles. The minimum Gasteiger partial charge on any atom is -0.494 e. The number of rotatable bonds is 7. The van der Waals surface area contributed by atoms with E-state index in [1.54, 1.807) is 36.5 Å². The molecule has 1 aliphatic rings. The highest BCUT2D eigenvalue weighted by molar-refractivity contribution is 5.87. The Bertz CT molecular complexity index is 1460. The Hall–Kier alpha value is -4.20. The standard InChI is InChI=1S/C29H29FN4O3/c1-5-24(35)33-15-13-20(17-33)29-32-27(28-26(18(2)3)31-14-16-34(28)29)19-9-11-21(12-10-19)37-23-8-6-7-22(36-4)25(23)30/h5-12,14,16,18,20H,1,13,15,17H2,2-4H3. The maximum absolute atomic E-state index is 14.5. The molecule has 7 nitrogen and oxygen atoms in total. The van der Waals surface area contributed by atoms with Crippen LogP contribution in [-0.4, -0.2) is 45.4 Å². The number of methoxy groups -OCH3 is 1. The Kier molecular flexibility index (Phi) is 6.65. The van der Waals surface area contributed by atoms with E-state index in [0.29, 0.717) is 18.8 Å². The second-order valence-electron chi connectivity index (χ2n) is 9.38. The third-order valence-electron chi connectivity index (χ3n) is 6.70. The van der Waals surface area contributed by atoms with Crippen LogP contribution in [0.5, 0.6) is 17.2 Å². The van der Waals surface area contributed by atoms with Crippen molar-refractivity contribution in [1.82, 2.24) is 19.3 Å². The second-order valence-corrected chi connectivity index (χ2v) is 9.38. The van der Waals surface area contributed by atoms with E-state index in [-0.39, 0.29) is 29.2 Å². The maximum Gasteiger partial charge on any atom is 0.245 e. The molecule has 0 bridgehead atoms. The maximum atomic E-state index is 14.5. The first-order chi connectivity index (χ1) is 17.9. The summed E-state index contributed by atoms with van der Waals surface area (Å²) in [5.41, 5.74) is 3.62. The Labute approximate surface area is 215 Å². The zero-order valence-corrected chi connectivity index (χ0v) is 21.1. The number of ether oxygens (including phenoxy) is 2. The summed E-state index contributed by atoms with van der Waals surface area (Å²) in [7, 11) is 1.42. The molecular weight excluding hydrogens is 471 g/mol. The summed E-state index contributed by atoms with van der Waals surface area (Å²) in [5, 5.41) is 0. The Morgan fingerprint density at radius 1 is 1.19 bits per heavy atom. The van der Waals surface area contributed by atoms with Gasteiger partial charge in [0.05, 0.1) is 24.0 Å². The fourth-order valence-electron chi connectivity index (χ4n) is 4.83. The molecule has 1 amide bonds. The van der Waals surface area contributed by atoms with Crippen molar-refractivity contribution in [3.05, 3.63) is 84.8 Å². The third-order valence-corrected chi connectivity index (χ3v) is 6.70. The number of fused-ring (bicyclic) bond motifs is 1. The van der Waals surface area contributed by atoms with Crippen molar-refractivity contribution in [3.63, 3.8) is 0 Å². The van der Waals surface area contributed by atoms with E-state index in [4.69, 9.17) is 14.5 Å². The van der Waals surface area contributed by atoms with Gasteiger partial charge in [-0.25, -0.2) is 4.98 Å². The molecule has 5 rings (SSSR count). The molecule has 2 aromatic heterocycles. The van der Waals surface area contributed by atoms with E-state index in [2.05, 4.69) is 29.8 Å². The Morgan fingerprint density at radius 3 is 2.65 bits per heavy atom. The van der Waals surface area contributed by atoms with Crippen LogP contribution in [0.4, 0.5) is 4.39 Å². The van der Waals surface area contributed by atoms with Crippen LogP contribution in [0.3, 0.4) is 0 Å². The summed E-state index contributed by atoms with van der Waals surface area (Å²) < 4.78 is 27.5. The molecule has 4 aromatic rings. The molecule has 0 spiro atoms. The lowest BCUT2D eigenvalue weighted by Gasteiger charge is -2.14. The number of likely N-dealkylation sites (tertiary alicyclic amines) is 1.